The molecule has 0 aliphatic heterocycles. The van der Waals surface area contributed by atoms with Crippen molar-refractivity contribution >= 4 is 44.4 Å². The lowest BCUT2D eigenvalue weighted by Gasteiger charge is -2.03. The van der Waals surface area contributed by atoms with Crippen molar-refractivity contribution in [2.75, 3.05) is 11.1 Å². The average Bonchev–Trinajstić information content (AvgIpc) is 2.88. The first-order chi connectivity index (χ1) is 10.2. The summed E-state index contributed by atoms with van der Waals surface area (Å²) < 4.78 is 1.77. The Morgan fingerprint density at radius 3 is 2.90 bits per heavy atom. The molecule has 5 nitrogen and oxygen atoms in total. The standard InChI is InChI=1S/C14H11N3O2S2/c18-12(9-20-13-7-3-4-8-17(13)19)16-14-15-10-5-1-2-6-11(10)21-14/h1-8H,9H2,(H,15,16,18). The zero-order valence-corrected chi connectivity index (χ0v) is 12.5. The normalized spacial score (nSPS) is 10.7. The third-order valence-corrected chi connectivity index (χ3v) is 4.65. The lowest BCUT2D eigenvalue weighted by molar-refractivity contribution is -0.645. The van der Waals surface area contributed by atoms with E-state index in [4.69, 9.17) is 0 Å². The maximum atomic E-state index is 11.9. The molecule has 0 radical (unpaired) electrons. The molecule has 2 heterocycles. The van der Waals surface area contributed by atoms with Gasteiger partial charge < -0.3 is 10.5 Å². The molecule has 0 atom stereocenters. The summed E-state index contributed by atoms with van der Waals surface area (Å²) in [4.78, 5) is 16.2. The molecule has 106 valence electrons. The number of nitrogens with one attached hydrogen (secondary N) is 1. The topological polar surface area (TPSA) is 68.9 Å². The van der Waals surface area contributed by atoms with Gasteiger partial charge in [0.15, 0.2) is 11.3 Å². The highest BCUT2D eigenvalue weighted by atomic mass is 32.2. The second kappa shape index (κ2) is 6.11. The van der Waals surface area contributed by atoms with Crippen LogP contribution in [-0.2, 0) is 4.79 Å². The van der Waals surface area contributed by atoms with Crippen molar-refractivity contribution < 1.29 is 9.52 Å². The third-order valence-electron chi connectivity index (χ3n) is 2.68. The molecule has 2 aromatic heterocycles. The summed E-state index contributed by atoms with van der Waals surface area (Å²) in [6.45, 7) is 0. The highest BCUT2D eigenvalue weighted by Gasteiger charge is 2.11. The second-order valence-electron chi connectivity index (χ2n) is 4.19. The van der Waals surface area contributed by atoms with E-state index < -0.39 is 0 Å². The first kappa shape index (κ1) is 13.8. The molecular weight excluding hydrogens is 306 g/mol. The number of rotatable bonds is 4. The van der Waals surface area contributed by atoms with Crippen LogP contribution < -0.4 is 10.0 Å². The number of amides is 1. The van der Waals surface area contributed by atoms with Crippen molar-refractivity contribution in [2.24, 2.45) is 0 Å². The van der Waals surface area contributed by atoms with Crippen LogP contribution in [0.3, 0.4) is 0 Å². The van der Waals surface area contributed by atoms with Gasteiger partial charge in [0.05, 0.1) is 16.0 Å². The summed E-state index contributed by atoms with van der Waals surface area (Å²) in [6.07, 6.45) is 1.41. The van der Waals surface area contributed by atoms with Crippen LogP contribution in [0.25, 0.3) is 10.2 Å². The first-order valence-electron chi connectivity index (χ1n) is 6.19. The van der Waals surface area contributed by atoms with Crippen LogP contribution in [0.1, 0.15) is 0 Å². The van der Waals surface area contributed by atoms with Crippen LogP contribution in [0.2, 0.25) is 0 Å². The Labute approximate surface area is 129 Å². The predicted molar refractivity (Wildman–Crippen MR) is 84.4 cm³/mol. The van der Waals surface area contributed by atoms with Crippen LogP contribution >= 0.6 is 23.1 Å². The Morgan fingerprint density at radius 2 is 2.10 bits per heavy atom. The minimum Gasteiger partial charge on any atom is -0.618 e. The van der Waals surface area contributed by atoms with Gasteiger partial charge in [0, 0.05) is 12.1 Å². The number of aromatic nitrogens is 2. The summed E-state index contributed by atoms with van der Waals surface area (Å²) >= 11 is 2.63. The number of carbonyl (C=O) groups excluding carboxylic acids is 1. The monoisotopic (exact) mass is 317 g/mol. The van der Waals surface area contributed by atoms with E-state index in [1.807, 2.05) is 24.3 Å². The second-order valence-corrected chi connectivity index (χ2v) is 6.21. The smallest absolute Gasteiger partial charge is 0.251 e. The molecule has 21 heavy (non-hydrogen) atoms. The van der Waals surface area contributed by atoms with Crippen molar-refractivity contribution in [3.63, 3.8) is 0 Å². The molecule has 0 spiro atoms. The van der Waals surface area contributed by atoms with E-state index in [-0.39, 0.29) is 11.7 Å². The van der Waals surface area contributed by atoms with Gasteiger partial charge in [-0.05, 0) is 30.0 Å². The maximum absolute atomic E-state index is 11.9. The molecule has 1 amide bonds. The molecule has 0 aliphatic carbocycles. The van der Waals surface area contributed by atoms with Crippen LogP contribution in [0.15, 0.2) is 53.7 Å². The number of pyridine rings is 1. The molecule has 1 aromatic carbocycles. The summed E-state index contributed by atoms with van der Waals surface area (Å²) in [5.74, 6) is -0.00903. The minimum atomic E-state index is -0.178. The summed E-state index contributed by atoms with van der Waals surface area (Å²) in [5.41, 5.74) is 0.867. The molecule has 0 bridgehead atoms. The summed E-state index contributed by atoms with van der Waals surface area (Å²) in [5, 5.41) is 15.3. The molecule has 3 aromatic rings. The lowest BCUT2D eigenvalue weighted by Crippen LogP contribution is -2.28. The van der Waals surface area contributed by atoms with Crippen molar-refractivity contribution in [3.8, 4) is 0 Å². The Morgan fingerprint density at radius 1 is 1.29 bits per heavy atom. The van der Waals surface area contributed by atoms with Crippen molar-refractivity contribution in [1.82, 2.24) is 4.98 Å². The van der Waals surface area contributed by atoms with Crippen molar-refractivity contribution in [1.29, 1.82) is 0 Å². The highest BCUT2D eigenvalue weighted by molar-refractivity contribution is 7.99. The van der Waals surface area contributed by atoms with Gasteiger partial charge in [-0.3, -0.25) is 4.79 Å². The van der Waals surface area contributed by atoms with Crippen molar-refractivity contribution in [3.05, 3.63) is 53.9 Å². The number of hydrogen-bond acceptors (Lipinski definition) is 5. The predicted octanol–water partition coefficient (Wildman–Crippen LogP) is 2.66. The molecule has 3 rings (SSSR count). The zero-order valence-electron chi connectivity index (χ0n) is 10.9. The number of hydrogen-bond donors (Lipinski definition) is 1. The van der Waals surface area contributed by atoms with E-state index >= 15 is 0 Å². The fourth-order valence-electron chi connectivity index (χ4n) is 1.74. The maximum Gasteiger partial charge on any atom is 0.251 e. The lowest BCUT2D eigenvalue weighted by atomic mass is 10.3. The molecule has 0 saturated heterocycles. The van der Waals surface area contributed by atoms with Gasteiger partial charge in [-0.1, -0.05) is 23.5 Å². The first-order valence-corrected chi connectivity index (χ1v) is 7.99. The number of thioether (sulfide) groups is 1. The summed E-state index contributed by atoms with van der Waals surface area (Å²) in [7, 11) is 0. The third kappa shape index (κ3) is 3.32. The van der Waals surface area contributed by atoms with E-state index in [0.29, 0.717) is 10.2 Å². The van der Waals surface area contributed by atoms with Gasteiger partial charge in [-0.25, -0.2) is 4.98 Å². The Bertz CT molecular complexity index is 755. The van der Waals surface area contributed by atoms with E-state index in [2.05, 4.69) is 10.3 Å². The SMILES string of the molecule is O=C(CSc1cccc[n+]1[O-])Nc1nc2ccccc2s1. The molecule has 1 N–H and O–H groups in total. The molecule has 0 unspecified atom stereocenters. The fraction of sp³-hybridized carbons (Fsp3) is 0.0714. The van der Waals surface area contributed by atoms with Gasteiger partial charge in [0.1, 0.15) is 0 Å². The zero-order chi connectivity index (χ0) is 14.7. The van der Waals surface area contributed by atoms with Crippen molar-refractivity contribution in [2.45, 2.75) is 5.03 Å². The number of thiazole rings is 1. The average molecular weight is 317 g/mol. The largest absolute Gasteiger partial charge is 0.618 e. The van der Waals surface area contributed by atoms with Crippen LogP contribution in [0.5, 0.6) is 0 Å². The van der Waals surface area contributed by atoms with E-state index in [9.17, 15) is 10.0 Å². The molecular formula is C14H11N3O2S2. The number of anilines is 1. The van der Waals surface area contributed by atoms with Gasteiger partial charge in [0.2, 0.25) is 5.91 Å². The van der Waals surface area contributed by atoms with E-state index in [1.54, 1.807) is 18.2 Å². The van der Waals surface area contributed by atoms with Gasteiger partial charge >= 0.3 is 0 Å². The van der Waals surface area contributed by atoms with Gasteiger partial charge in [-0.15, -0.1) is 0 Å². The quantitative estimate of drug-likeness (QED) is 0.456. The molecule has 0 aliphatic rings. The van der Waals surface area contributed by atoms with E-state index in [0.717, 1.165) is 14.9 Å². The molecule has 0 saturated carbocycles. The number of nitrogens with zero attached hydrogens (tertiary/aromatic N) is 2. The van der Waals surface area contributed by atoms with Gasteiger partial charge in [-0.2, -0.15) is 4.73 Å². The van der Waals surface area contributed by atoms with E-state index in [1.165, 1.54) is 29.3 Å². The van der Waals surface area contributed by atoms with Crippen LogP contribution in [-0.4, -0.2) is 16.6 Å². The fourth-order valence-corrected chi connectivity index (χ4v) is 3.34. The number of carbonyl (C=O) groups is 1. The van der Waals surface area contributed by atoms with Gasteiger partial charge in [0.25, 0.3) is 5.03 Å². The Balaban J connectivity index is 1.62. The van der Waals surface area contributed by atoms with Crippen LogP contribution in [0, 0.1) is 5.21 Å². The Hall–Kier alpha value is -2.12. The molecule has 0 fully saturated rings. The number of benzene rings is 1. The number of para-hydroxylation sites is 1. The Kier molecular flexibility index (Phi) is 4.03. The number of fused-ring (bicyclic) bond motifs is 1. The minimum absolute atomic E-state index is 0.169. The van der Waals surface area contributed by atoms with Crippen LogP contribution in [0.4, 0.5) is 5.13 Å². The highest BCUT2D eigenvalue weighted by Crippen LogP contribution is 2.25. The molecule has 7 heteroatoms. The summed E-state index contributed by atoms with van der Waals surface area (Å²) in [6, 6.07) is 12.8.